The van der Waals surface area contributed by atoms with Gasteiger partial charge in [-0.25, -0.2) is 19.3 Å². The van der Waals surface area contributed by atoms with Crippen LogP contribution in [0.4, 0.5) is 17.3 Å². The van der Waals surface area contributed by atoms with Crippen LogP contribution in [0.15, 0.2) is 60.3 Å². The fourth-order valence-electron chi connectivity index (χ4n) is 5.69. The maximum atomic E-state index is 14.1. The molecular weight excluding hydrogens is 566 g/mol. The van der Waals surface area contributed by atoms with Crippen LogP contribution in [0, 0.1) is 6.92 Å². The molecule has 1 fully saturated rings. The molecule has 12 heteroatoms. The number of hydrogen-bond donors (Lipinski definition) is 2. The molecule has 43 heavy (non-hydrogen) atoms. The summed E-state index contributed by atoms with van der Waals surface area (Å²) in [6, 6.07) is 9.28. The van der Waals surface area contributed by atoms with E-state index in [0.717, 1.165) is 22.3 Å². The first-order valence-electron chi connectivity index (χ1n) is 14.1. The Hall–Kier alpha value is -4.77. The molecule has 0 spiro atoms. The Kier molecular flexibility index (Phi) is 7.35. The smallest absolute Gasteiger partial charge is 0.350 e. The molecule has 6 rings (SSSR count). The number of para-hydroxylation sites is 1. The molecule has 1 aliphatic rings. The van der Waals surface area contributed by atoms with Crippen molar-refractivity contribution in [3.8, 4) is 5.69 Å². The summed E-state index contributed by atoms with van der Waals surface area (Å²) in [7, 11) is 0. The van der Waals surface area contributed by atoms with Crippen LogP contribution in [0.3, 0.4) is 0 Å². The number of carbonyl (C=O) groups excluding carboxylic acids is 1. The number of rotatable bonds is 6. The Morgan fingerprint density at radius 1 is 1.21 bits per heavy atom. The number of pyridine rings is 2. The minimum absolute atomic E-state index is 0.0363. The van der Waals surface area contributed by atoms with Crippen molar-refractivity contribution < 1.29 is 4.79 Å². The Labute approximate surface area is 253 Å². The SMILES string of the molecule is C=CC(=O)N1CCN(c2nc(=O)n(-c3c(C)ccnc3C(C)C)c3nc(Nc4cccc5[nH]cnc45)c(Cl)cc23)[C@@H](C)C1. The lowest BCUT2D eigenvalue weighted by atomic mass is 10.0. The molecule has 5 aromatic rings. The van der Waals surface area contributed by atoms with Crippen LogP contribution in [-0.2, 0) is 4.79 Å². The van der Waals surface area contributed by atoms with Gasteiger partial charge in [-0.2, -0.15) is 4.98 Å². The number of H-pyrrole nitrogens is 1. The quantitative estimate of drug-likeness (QED) is 0.259. The van der Waals surface area contributed by atoms with Gasteiger partial charge in [0.2, 0.25) is 5.91 Å². The Morgan fingerprint density at radius 3 is 2.77 bits per heavy atom. The number of nitrogens with zero attached hydrogens (tertiary/aromatic N) is 7. The van der Waals surface area contributed by atoms with E-state index in [9.17, 15) is 9.59 Å². The van der Waals surface area contributed by atoms with E-state index >= 15 is 0 Å². The van der Waals surface area contributed by atoms with Crippen LogP contribution >= 0.6 is 11.6 Å². The largest absolute Gasteiger partial charge is 0.355 e. The number of amides is 1. The van der Waals surface area contributed by atoms with E-state index < -0.39 is 5.69 Å². The topological polar surface area (TPSA) is 125 Å². The number of aryl methyl sites for hydroxylation is 1. The minimum Gasteiger partial charge on any atom is -0.350 e. The second-order valence-corrected chi connectivity index (χ2v) is 11.4. The van der Waals surface area contributed by atoms with Gasteiger partial charge in [0.15, 0.2) is 11.5 Å². The number of fused-ring (bicyclic) bond motifs is 2. The molecule has 0 unspecified atom stereocenters. The van der Waals surface area contributed by atoms with Crippen molar-refractivity contribution in [1.82, 2.24) is 34.4 Å². The number of carbonyl (C=O) groups is 1. The highest BCUT2D eigenvalue weighted by atomic mass is 35.5. The summed E-state index contributed by atoms with van der Waals surface area (Å²) in [4.78, 5) is 51.9. The predicted octanol–water partition coefficient (Wildman–Crippen LogP) is 5.10. The maximum absolute atomic E-state index is 14.1. The molecule has 2 N–H and O–H groups in total. The fraction of sp³-hybridized carbons (Fsp3) is 0.290. The van der Waals surface area contributed by atoms with E-state index in [1.54, 1.807) is 23.5 Å². The lowest BCUT2D eigenvalue weighted by Crippen LogP contribution is -2.54. The molecule has 220 valence electrons. The molecule has 0 saturated carbocycles. The molecule has 1 aromatic carbocycles. The van der Waals surface area contributed by atoms with Crippen LogP contribution in [0.1, 0.15) is 37.9 Å². The number of benzene rings is 1. The molecule has 4 aromatic heterocycles. The molecular formula is C31H32ClN9O2. The summed E-state index contributed by atoms with van der Waals surface area (Å²) >= 11 is 6.90. The molecule has 0 aliphatic carbocycles. The maximum Gasteiger partial charge on any atom is 0.355 e. The Morgan fingerprint density at radius 2 is 2.02 bits per heavy atom. The van der Waals surface area contributed by atoms with Gasteiger partial charge in [-0.15, -0.1) is 0 Å². The van der Waals surface area contributed by atoms with Crippen molar-refractivity contribution in [3.63, 3.8) is 0 Å². The van der Waals surface area contributed by atoms with Crippen LogP contribution in [0.25, 0.3) is 27.8 Å². The molecule has 5 heterocycles. The van der Waals surface area contributed by atoms with Crippen molar-refractivity contribution in [3.05, 3.63) is 82.3 Å². The number of aromatic nitrogens is 6. The van der Waals surface area contributed by atoms with Gasteiger partial charge in [0.25, 0.3) is 0 Å². The lowest BCUT2D eigenvalue weighted by molar-refractivity contribution is -0.126. The highest BCUT2D eigenvalue weighted by Gasteiger charge is 2.30. The molecule has 0 bridgehead atoms. The highest BCUT2D eigenvalue weighted by molar-refractivity contribution is 6.34. The zero-order chi connectivity index (χ0) is 30.4. The van der Waals surface area contributed by atoms with Crippen LogP contribution in [0.5, 0.6) is 0 Å². The first-order chi connectivity index (χ1) is 20.7. The van der Waals surface area contributed by atoms with E-state index in [2.05, 4.69) is 31.8 Å². The third-order valence-corrected chi connectivity index (χ3v) is 8.10. The van der Waals surface area contributed by atoms with Gasteiger partial charge < -0.3 is 20.1 Å². The van der Waals surface area contributed by atoms with Crippen molar-refractivity contribution in [2.24, 2.45) is 0 Å². The predicted molar refractivity (Wildman–Crippen MR) is 170 cm³/mol. The first-order valence-corrected chi connectivity index (χ1v) is 14.5. The summed E-state index contributed by atoms with van der Waals surface area (Å²) in [5, 5.41) is 4.30. The second kappa shape index (κ2) is 11.1. The van der Waals surface area contributed by atoms with Gasteiger partial charge in [-0.05, 0) is 55.7 Å². The zero-order valence-electron chi connectivity index (χ0n) is 24.4. The first kappa shape index (κ1) is 28.4. The van der Waals surface area contributed by atoms with Gasteiger partial charge in [0.1, 0.15) is 11.3 Å². The standard InChI is InChI=1S/C31H32ClN9O2/c1-6-24(42)39-12-13-40(19(5)15-39)29-20-14-21(32)28(36-23-9-7-8-22-26(23)35-16-34-22)37-30(20)41(31(43)38-29)27-18(4)10-11-33-25(27)17(2)3/h6-11,14,16-17,19H,1,12-13,15H2,2-5H3,(H,34,35)(H,36,37)/t19-/m0/s1. The molecule has 1 amide bonds. The minimum atomic E-state index is -0.479. The molecule has 1 atom stereocenters. The average Bonchev–Trinajstić information content (AvgIpc) is 3.47. The third-order valence-electron chi connectivity index (χ3n) is 7.81. The summed E-state index contributed by atoms with van der Waals surface area (Å²) in [6.45, 7) is 13.0. The third kappa shape index (κ3) is 4.99. The van der Waals surface area contributed by atoms with Crippen molar-refractivity contribution in [2.45, 2.75) is 39.7 Å². The Bertz CT molecular complexity index is 1950. The summed E-state index contributed by atoms with van der Waals surface area (Å²) in [6.07, 6.45) is 4.70. The number of anilines is 3. The summed E-state index contributed by atoms with van der Waals surface area (Å²) in [5.74, 6) is 0.754. The van der Waals surface area contributed by atoms with Gasteiger partial charge >= 0.3 is 5.69 Å². The average molecular weight is 598 g/mol. The summed E-state index contributed by atoms with van der Waals surface area (Å²) < 4.78 is 1.54. The van der Waals surface area contributed by atoms with Crippen molar-refractivity contribution >= 4 is 56.9 Å². The fourth-order valence-corrected chi connectivity index (χ4v) is 5.89. The number of imidazole rings is 1. The van der Waals surface area contributed by atoms with E-state index in [4.69, 9.17) is 16.6 Å². The van der Waals surface area contributed by atoms with E-state index in [0.29, 0.717) is 58.7 Å². The number of halogens is 1. The van der Waals surface area contributed by atoms with Crippen LogP contribution < -0.4 is 15.9 Å². The highest BCUT2D eigenvalue weighted by Crippen LogP contribution is 2.35. The Balaban J connectivity index is 1.58. The normalized spacial score (nSPS) is 15.4. The monoisotopic (exact) mass is 597 g/mol. The molecule has 1 aliphatic heterocycles. The number of hydrogen-bond acceptors (Lipinski definition) is 8. The van der Waals surface area contributed by atoms with Crippen molar-refractivity contribution in [1.29, 1.82) is 0 Å². The molecule has 0 radical (unpaired) electrons. The zero-order valence-corrected chi connectivity index (χ0v) is 25.2. The molecule has 11 nitrogen and oxygen atoms in total. The van der Waals surface area contributed by atoms with Gasteiger partial charge in [0, 0.05) is 31.9 Å². The van der Waals surface area contributed by atoms with Gasteiger partial charge in [0.05, 0.1) is 39.3 Å². The van der Waals surface area contributed by atoms with Crippen molar-refractivity contribution in [2.75, 3.05) is 29.9 Å². The van der Waals surface area contributed by atoms with E-state index in [1.807, 2.05) is 56.9 Å². The van der Waals surface area contributed by atoms with Gasteiger partial charge in [-0.3, -0.25) is 9.78 Å². The van der Waals surface area contributed by atoms with Gasteiger partial charge in [-0.1, -0.05) is 38.1 Å². The summed E-state index contributed by atoms with van der Waals surface area (Å²) in [5.41, 5.74) is 4.51. The van der Waals surface area contributed by atoms with E-state index in [1.165, 1.54) is 10.6 Å². The number of piperazine rings is 1. The second-order valence-electron chi connectivity index (χ2n) is 11.0. The van der Waals surface area contributed by atoms with E-state index in [-0.39, 0.29) is 17.9 Å². The van der Waals surface area contributed by atoms with Crippen LogP contribution in [0.2, 0.25) is 5.02 Å². The number of nitrogens with one attached hydrogen (secondary N) is 2. The molecule has 1 saturated heterocycles. The van der Waals surface area contributed by atoms with Crippen LogP contribution in [-0.4, -0.2) is 66.0 Å². The number of aromatic amines is 1. The lowest BCUT2D eigenvalue weighted by Gasteiger charge is -2.40.